The summed E-state index contributed by atoms with van der Waals surface area (Å²) in [5, 5.41) is 9.02. The molecular weight excluding hydrogens is 253 g/mol. The van der Waals surface area contributed by atoms with Crippen molar-refractivity contribution >= 4 is 11.6 Å². The van der Waals surface area contributed by atoms with E-state index >= 15 is 0 Å². The van der Waals surface area contributed by atoms with Gasteiger partial charge in [-0.25, -0.2) is 4.39 Å². The van der Waals surface area contributed by atoms with E-state index in [1.54, 1.807) is 6.07 Å². The van der Waals surface area contributed by atoms with Crippen LogP contribution in [0, 0.1) is 5.82 Å². The standard InChI is InChI=1S/C14H21ClFNO/c1-9(2)12-6-10(7-13(15)14(12)16)4-3-5-11(17)8-18/h6-7,9,11,18H,3-5,8,17H2,1-2H3. The van der Waals surface area contributed by atoms with Gasteiger partial charge in [-0.05, 0) is 42.4 Å². The van der Waals surface area contributed by atoms with Gasteiger partial charge in [-0.1, -0.05) is 31.5 Å². The van der Waals surface area contributed by atoms with Crippen molar-refractivity contribution in [3.05, 3.63) is 34.1 Å². The molecule has 0 bridgehead atoms. The van der Waals surface area contributed by atoms with Gasteiger partial charge in [0.25, 0.3) is 0 Å². The first kappa shape index (κ1) is 15.4. The fourth-order valence-electron chi connectivity index (χ4n) is 1.89. The summed E-state index contributed by atoms with van der Waals surface area (Å²) in [7, 11) is 0. The minimum absolute atomic E-state index is 0.00141. The molecule has 4 heteroatoms. The third-order valence-electron chi connectivity index (χ3n) is 3.01. The van der Waals surface area contributed by atoms with Crippen LogP contribution in [0.2, 0.25) is 5.02 Å². The maximum absolute atomic E-state index is 13.8. The highest BCUT2D eigenvalue weighted by Crippen LogP contribution is 2.27. The molecule has 1 aromatic rings. The fraction of sp³-hybridized carbons (Fsp3) is 0.571. The number of halogens is 2. The van der Waals surface area contributed by atoms with E-state index in [2.05, 4.69) is 0 Å². The van der Waals surface area contributed by atoms with E-state index in [1.165, 1.54) is 0 Å². The monoisotopic (exact) mass is 273 g/mol. The van der Waals surface area contributed by atoms with Gasteiger partial charge in [0.05, 0.1) is 11.6 Å². The summed E-state index contributed by atoms with van der Waals surface area (Å²) in [5.74, 6) is -0.204. The van der Waals surface area contributed by atoms with Crippen LogP contribution in [0.3, 0.4) is 0 Å². The molecule has 0 heterocycles. The quantitative estimate of drug-likeness (QED) is 0.836. The molecule has 1 atom stereocenters. The molecular formula is C14H21ClFNO. The maximum atomic E-state index is 13.8. The molecule has 0 aromatic heterocycles. The topological polar surface area (TPSA) is 46.2 Å². The van der Waals surface area contributed by atoms with Gasteiger partial charge in [-0.3, -0.25) is 0 Å². The number of benzene rings is 1. The molecule has 0 aliphatic heterocycles. The van der Waals surface area contributed by atoms with Gasteiger partial charge in [-0.2, -0.15) is 0 Å². The first-order valence-electron chi connectivity index (χ1n) is 6.30. The van der Waals surface area contributed by atoms with Crippen LogP contribution < -0.4 is 5.73 Å². The third-order valence-corrected chi connectivity index (χ3v) is 3.29. The van der Waals surface area contributed by atoms with Crippen LogP contribution in [-0.2, 0) is 6.42 Å². The van der Waals surface area contributed by atoms with Crippen molar-refractivity contribution < 1.29 is 9.50 Å². The fourth-order valence-corrected chi connectivity index (χ4v) is 2.14. The van der Waals surface area contributed by atoms with Crippen LogP contribution in [0.1, 0.15) is 43.7 Å². The highest BCUT2D eigenvalue weighted by molar-refractivity contribution is 6.30. The summed E-state index contributed by atoms with van der Waals surface area (Å²) >= 11 is 5.89. The third kappa shape index (κ3) is 4.23. The second-order valence-corrected chi connectivity index (χ2v) is 5.38. The minimum atomic E-state index is -0.317. The van der Waals surface area contributed by atoms with E-state index in [1.807, 2.05) is 19.9 Å². The van der Waals surface area contributed by atoms with E-state index in [4.69, 9.17) is 22.4 Å². The minimum Gasteiger partial charge on any atom is -0.395 e. The Balaban J connectivity index is 2.72. The summed E-state index contributed by atoms with van der Waals surface area (Å²) in [6.45, 7) is 3.89. The molecule has 0 spiro atoms. The normalized spacial score (nSPS) is 13.1. The molecule has 102 valence electrons. The van der Waals surface area contributed by atoms with E-state index in [0.717, 1.165) is 24.8 Å². The molecule has 0 aliphatic rings. The van der Waals surface area contributed by atoms with Crippen LogP contribution in [0.4, 0.5) is 4.39 Å². The van der Waals surface area contributed by atoms with Crippen molar-refractivity contribution in [1.82, 2.24) is 0 Å². The van der Waals surface area contributed by atoms with Gasteiger partial charge in [0.15, 0.2) is 0 Å². The predicted octanol–water partition coefficient (Wildman–Crippen LogP) is 3.24. The number of aryl methyl sites for hydroxylation is 1. The largest absolute Gasteiger partial charge is 0.395 e. The average Bonchev–Trinajstić information content (AvgIpc) is 2.32. The summed E-state index contributed by atoms with van der Waals surface area (Å²) < 4.78 is 13.8. The Morgan fingerprint density at radius 2 is 2.06 bits per heavy atom. The SMILES string of the molecule is CC(C)c1cc(CCCC(N)CO)cc(Cl)c1F. The number of aliphatic hydroxyl groups is 1. The first-order chi connectivity index (χ1) is 8.45. The lowest BCUT2D eigenvalue weighted by molar-refractivity contribution is 0.258. The lowest BCUT2D eigenvalue weighted by Crippen LogP contribution is -2.24. The first-order valence-corrected chi connectivity index (χ1v) is 6.67. The van der Waals surface area contributed by atoms with Gasteiger partial charge in [0.1, 0.15) is 5.82 Å². The Kier molecular flexibility index (Phi) is 6.06. The van der Waals surface area contributed by atoms with Crippen LogP contribution >= 0.6 is 11.6 Å². The van der Waals surface area contributed by atoms with Crippen molar-refractivity contribution in [1.29, 1.82) is 0 Å². The Morgan fingerprint density at radius 3 is 2.61 bits per heavy atom. The number of rotatable bonds is 6. The molecule has 18 heavy (non-hydrogen) atoms. The van der Waals surface area contributed by atoms with Crippen molar-refractivity contribution in [2.75, 3.05) is 6.61 Å². The number of aliphatic hydroxyl groups excluding tert-OH is 1. The zero-order valence-electron chi connectivity index (χ0n) is 10.9. The molecule has 1 rings (SSSR count). The molecule has 0 fully saturated rings. The van der Waals surface area contributed by atoms with Gasteiger partial charge >= 0.3 is 0 Å². The molecule has 3 N–H and O–H groups in total. The van der Waals surface area contributed by atoms with Crippen molar-refractivity contribution in [3.8, 4) is 0 Å². The van der Waals surface area contributed by atoms with Gasteiger partial charge in [0.2, 0.25) is 0 Å². The smallest absolute Gasteiger partial charge is 0.145 e. The molecule has 1 aromatic carbocycles. The number of nitrogens with two attached hydrogens (primary N) is 1. The average molecular weight is 274 g/mol. The predicted molar refractivity (Wildman–Crippen MR) is 73.5 cm³/mol. The second-order valence-electron chi connectivity index (χ2n) is 4.97. The van der Waals surface area contributed by atoms with Crippen LogP contribution in [0.5, 0.6) is 0 Å². The molecule has 0 aliphatic carbocycles. The van der Waals surface area contributed by atoms with E-state index in [9.17, 15) is 4.39 Å². The van der Waals surface area contributed by atoms with Crippen LogP contribution in [0.15, 0.2) is 12.1 Å². The highest BCUT2D eigenvalue weighted by Gasteiger charge is 2.12. The summed E-state index contributed by atoms with van der Waals surface area (Å²) in [6.07, 6.45) is 2.41. The summed E-state index contributed by atoms with van der Waals surface area (Å²) in [5.41, 5.74) is 7.31. The Morgan fingerprint density at radius 1 is 1.39 bits per heavy atom. The van der Waals surface area contributed by atoms with E-state index < -0.39 is 0 Å². The summed E-state index contributed by atoms with van der Waals surface area (Å²) in [6, 6.07) is 3.37. The molecule has 0 radical (unpaired) electrons. The zero-order chi connectivity index (χ0) is 13.7. The van der Waals surface area contributed by atoms with Crippen LogP contribution in [0.25, 0.3) is 0 Å². The Hall–Kier alpha value is -0.640. The van der Waals surface area contributed by atoms with Crippen molar-refractivity contribution in [2.45, 2.75) is 45.1 Å². The molecule has 1 unspecified atom stereocenters. The number of hydrogen-bond acceptors (Lipinski definition) is 2. The lowest BCUT2D eigenvalue weighted by atomic mass is 9.97. The van der Waals surface area contributed by atoms with Gasteiger partial charge < -0.3 is 10.8 Å². The summed E-state index contributed by atoms with van der Waals surface area (Å²) in [4.78, 5) is 0. The highest BCUT2D eigenvalue weighted by atomic mass is 35.5. The molecule has 0 saturated carbocycles. The van der Waals surface area contributed by atoms with E-state index in [0.29, 0.717) is 5.56 Å². The Labute approximate surface area is 113 Å². The zero-order valence-corrected chi connectivity index (χ0v) is 11.7. The maximum Gasteiger partial charge on any atom is 0.145 e. The van der Waals surface area contributed by atoms with E-state index in [-0.39, 0.29) is 29.4 Å². The molecule has 2 nitrogen and oxygen atoms in total. The van der Waals surface area contributed by atoms with Crippen molar-refractivity contribution in [2.24, 2.45) is 5.73 Å². The lowest BCUT2D eigenvalue weighted by Gasteiger charge is -2.12. The van der Waals surface area contributed by atoms with Crippen molar-refractivity contribution in [3.63, 3.8) is 0 Å². The van der Waals surface area contributed by atoms with Gasteiger partial charge in [-0.15, -0.1) is 0 Å². The molecule has 0 amide bonds. The Bertz CT molecular complexity index is 396. The second kappa shape index (κ2) is 7.07. The van der Waals surface area contributed by atoms with Gasteiger partial charge in [0, 0.05) is 6.04 Å². The van der Waals surface area contributed by atoms with Crippen LogP contribution in [-0.4, -0.2) is 17.8 Å². The number of hydrogen-bond donors (Lipinski definition) is 2. The molecule has 0 saturated heterocycles.